The summed E-state index contributed by atoms with van der Waals surface area (Å²) in [4.78, 5) is 26.1. The van der Waals surface area contributed by atoms with E-state index in [2.05, 4.69) is 29.3 Å². The zero-order chi connectivity index (χ0) is 17.5. The summed E-state index contributed by atoms with van der Waals surface area (Å²) in [6.07, 6.45) is 3.42. The van der Waals surface area contributed by atoms with Gasteiger partial charge in [-0.25, -0.2) is 0 Å². The van der Waals surface area contributed by atoms with Gasteiger partial charge in [0.1, 0.15) is 0 Å². The van der Waals surface area contributed by atoms with Crippen molar-refractivity contribution in [1.29, 1.82) is 0 Å². The maximum Gasteiger partial charge on any atom is 0.237 e. The van der Waals surface area contributed by atoms with E-state index in [-0.39, 0.29) is 29.8 Å². The van der Waals surface area contributed by atoms with Crippen LogP contribution in [0.25, 0.3) is 0 Å². The summed E-state index contributed by atoms with van der Waals surface area (Å²) < 4.78 is 0. The Morgan fingerprint density at radius 1 is 1.25 bits per heavy atom. The second-order valence-electron chi connectivity index (χ2n) is 6.65. The van der Waals surface area contributed by atoms with Gasteiger partial charge in [-0.1, -0.05) is 43.7 Å². The molecule has 132 valence electrons. The number of nitrogens with one attached hydrogen (secondary N) is 1. The fraction of sp³-hybridized carbons (Fsp3) is 0.579. The van der Waals surface area contributed by atoms with Crippen LogP contribution < -0.4 is 11.1 Å². The van der Waals surface area contributed by atoms with Crippen molar-refractivity contribution < 1.29 is 9.59 Å². The van der Waals surface area contributed by atoms with Crippen molar-refractivity contribution in [2.75, 3.05) is 13.1 Å². The van der Waals surface area contributed by atoms with E-state index in [0.29, 0.717) is 0 Å². The van der Waals surface area contributed by atoms with Crippen LogP contribution in [0.3, 0.4) is 0 Å². The Morgan fingerprint density at radius 3 is 2.42 bits per heavy atom. The van der Waals surface area contributed by atoms with Gasteiger partial charge in [0.15, 0.2) is 0 Å². The van der Waals surface area contributed by atoms with Gasteiger partial charge in [-0.3, -0.25) is 14.5 Å². The smallest absolute Gasteiger partial charge is 0.237 e. The highest BCUT2D eigenvalue weighted by Crippen LogP contribution is 2.21. The first kappa shape index (κ1) is 18.5. The quantitative estimate of drug-likeness (QED) is 0.804. The topological polar surface area (TPSA) is 75.4 Å². The number of rotatable bonds is 7. The minimum atomic E-state index is -0.223. The summed E-state index contributed by atoms with van der Waals surface area (Å²) in [7, 11) is 0. The standard InChI is InChI=1S/C19H29N3O2/c1-3-7-17(15-8-5-4-6-9-15)21-19(24)14(2)22-12-10-16(11-13-22)18(20)23/h4-6,8-9,14,16-17H,3,7,10-13H2,1-2H3,(H2,20,23)(H,21,24)/t14-,17-/m1/s1. The van der Waals surface area contributed by atoms with Gasteiger partial charge in [-0.15, -0.1) is 0 Å². The first-order valence-electron chi connectivity index (χ1n) is 8.91. The lowest BCUT2D eigenvalue weighted by Gasteiger charge is -2.35. The lowest BCUT2D eigenvalue weighted by Crippen LogP contribution is -2.50. The van der Waals surface area contributed by atoms with Gasteiger partial charge in [0.25, 0.3) is 0 Å². The monoisotopic (exact) mass is 331 g/mol. The number of hydrogen-bond acceptors (Lipinski definition) is 3. The Kier molecular flexibility index (Phi) is 6.79. The minimum absolute atomic E-state index is 0.0475. The molecule has 0 unspecified atom stereocenters. The van der Waals surface area contributed by atoms with E-state index in [9.17, 15) is 9.59 Å². The summed E-state index contributed by atoms with van der Waals surface area (Å²) in [5.74, 6) is -0.220. The largest absolute Gasteiger partial charge is 0.369 e. The number of carbonyl (C=O) groups is 2. The summed E-state index contributed by atoms with van der Waals surface area (Å²) in [6, 6.07) is 9.97. The van der Waals surface area contributed by atoms with Gasteiger partial charge in [0, 0.05) is 5.92 Å². The molecule has 0 spiro atoms. The van der Waals surface area contributed by atoms with Crippen molar-refractivity contribution in [2.45, 2.75) is 51.6 Å². The van der Waals surface area contributed by atoms with Crippen LogP contribution in [0.5, 0.6) is 0 Å². The summed E-state index contributed by atoms with van der Waals surface area (Å²) in [5, 5.41) is 3.19. The fourth-order valence-corrected chi connectivity index (χ4v) is 3.33. The van der Waals surface area contributed by atoms with Crippen molar-refractivity contribution in [1.82, 2.24) is 10.2 Å². The number of likely N-dealkylation sites (tertiary alicyclic amines) is 1. The van der Waals surface area contributed by atoms with E-state index in [4.69, 9.17) is 5.73 Å². The van der Waals surface area contributed by atoms with Crippen LogP contribution in [-0.2, 0) is 9.59 Å². The van der Waals surface area contributed by atoms with Gasteiger partial charge in [0.2, 0.25) is 11.8 Å². The molecule has 1 aromatic carbocycles. The molecule has 1 aliphatic rings. The van der Waals surface area contributed by atoms with Crippen LogP contribution in [0.15, 0.2) is 30.3 Å². The third-order valence-electron chi connectivity index (χ3n) is 4.95. The molecule has 1 aliphatic heterocycles. The van der Waals surface area contributed by atoms with Crippen LogP contribution >= 0.6 is 0 Å². The second kappa shape index (κ2) is 8.83. The molecule has 5 heteroatoms. The highest BCUT2D eigenvalue weighted by Gasteiger charge is 2.29. The normalized spacial score (nSPS) is 18.8. The number of nitrogens with zero attached hydrogens (tertiary/aromatic N) is 1. The number of piperidine rings is 1. The molecule has 1 fully saturated rings. The van der Waals surface area contributed by atoms with Crippen LogP contribution in [0.2, 0.25) is 0 Å². The molecule has 1 aromatic rings. The molecule has 1 heterocycles. The molecular formula is C19H29N3O2. The van der Waals surface area contributed by atoms with E-state index < -0.39 is 0 Å². The van der Waals surface area contributed by atoms with Gasteiger partial charge < -0.3 is 11.1 Å². The Labute approximate surface area is 144 Å². The van der Waals surface area contributed by atoms with Crippen molar-refractivity contribution >= 4 is 11.8 Å². The Hall–Kier alpha value is -1.88. The van der Waals surface area contributed by atoms with E-state index in [1.165, 1.54) is 0 Å². The van der Waals surface area contributed by atoms with Crippen molar-refractivity contribution in [3.05, 3.63) is 35.9 Å². The number of hydrogen-bond donors (Lipinski definition) is 2. The van der Waals surface area contributed by atoms with Crippen LogP contribution in [0, 0.1) is 5.92 Å². The Bertz CT molecular complexity index is 539. The molecule has 5 nitrogen and oxygen atoms in total. The highest BCUT2D eigenvalue weighted by molar-refractivity contribution is 5.82. The predicted molar refractivity (Wildman–Crippen MR) is 95.2 cm³/mol. The third kappa shape index (κ3) is 4.81. The molecule has 2 rings (SSSR count). The number of benzene rings is 1. The average molecular weight is 331 g/mol. The fourth-order valence-electron chi connectivity index (χ4n) is 3.33. The molecule has 0 radical (unpaired) electrons. The molecule has 2 atom stereocenters. The predicted octanol–water partition coefficient (Wildman–Crippen LogP) is 2.23. The van der Waals surface area contributed by atoms with E-state index in [1.54, 1.807) is 0 Å². The zero-order valence-electron chi connectivity index (χ0n) is 14.7. The Balaban J connectivity index is 1.93. The SMILES string of the molecule is CCC[C@@H](NC(=O)[C@@H](C)N1CCC(C(N)=O)CC1)c1ccccc1. The molecule has 3 N–H and O–H groups in total. The molecule has 0 aliphatic carbocycles. The zero-order valence-corrected chi connectivity index (χ0v) is 14.7. The van der Waals surface area contributed by atoms with E-state index in [0.717, 1.165) is 44.3 Å². The van der Waals surface area contributed by atoms with E-state index >= 15 is 0 Å². The maximum absolute atomic E-state index is 12.7. The molecule has 0 bridgehead atoms. The maximum atomic E-state index is 12.7. The lowest BCUT2D eigenvalue weighted by atomic mass is 9.95. The van der Waals surface area contributed by atoms with Gasteiger partial charge in [-0.05, 0) is 44.8 Å². The van der Waals surface area contributed by atoms with Crippen LogP contribution in [0.1, 0.15) is 51.1 Å². The van der Waals surface area contributed by atoms with Crippen LogP contribution in [0.4, 0.5) is 0 Å². The number of nitrogens with two attached hydrogens (primary N) is 1. The van der Waals surface area contributed by atoms with Gasteiger partial charge in [-0.2, -0.15) is 0 Å². The van der Waals surface area contributed by atoms with Crippen molar-refractivity contribution in [2.24, 2.45) is 11.7 Å². The summed E-state index contributed by atoms with van der Waals surface area (Å²) in [5.41, 5.74) is 6.52. The molecule has 0 aromatic heterocycles. The Morgan fingerprint density at radius 2 is 1.88 bits per heavy atom. The summed E-state index contributed by atoms with van der Waals surface area (Å²) in [6.45, 7) is 5.55. The second-order valence-corrected chi connectivity index (χ2v) is 6.65. The van der Waals surface area contributed by atoms with Crippen LogP contribution in [-0.4, -0.2) is 35.8 Å². The molecule has 2 amide bonds. The van der Waals surface area contributed by atoms with E-state index in [1.807, 2.05) is 25.1 Å². The average Bonchev–Trinajstić information content (AvgIpc) is 2.61. The highest BCUT2D eigenvalue weighted by atomic mass is 16.2. The number of primary amides is 1. The lowest BCUT2D eigenvalue weighted by molar-refractivity contribution is -0.128. The number of amides is 2. The first-order chi connectivity index (χ1) is 11.5. The van der Waals surface area contributed by atoms with Gasteiger partial charge >= 0.3 is 0 Å². The third-order valence-corrected chi connectivity index (χ3v) is 4.95. The first-order valence-corrected chi connectivity index (χ1v) is 8.91. The molecule has 1 saturated heterocycles. The van der Waals surface area contributed by atoms with Crippen molar-refractivity contribution in [3.8, 4) is 0 Å². The molecule has 0 saturated carbocycles. The summed E-state index contributed by atoms with van der Waals surface area (Å²) >= 11 is 0. The molecule has 24 heavy (non-hydrogen) atoms. The van der Waals surface area contributed by atoms with Gasteiger partial charge in [0.05, 0.1) is 12.1 Å². The number of carbonyl (C=O) groups excluding carboxylic acids is 2. The molecular weight excluding hydrogens is 302 g/mol. The van der Waals surface area contributed by atoms with Crippen molar-refractivity contribution in [3.63, 3.8) is 0 Å². The minimum Gasteiger partial charge on any atom is -0.369 e.